The van der Waals surface area contributed by atoms with Crippen molar-refractivity contribution in [3.63, 3.8) is 0 Å². The molecule has 0 atom stereocenters. The number of piperazine rings is 1. The van der Waals surface area contributed by atoms with Gasteiger partial charge in [-0.3, -0.25) is 14.5 Å². The molecule has 1 aromatic heterocycles. The van der Waals surface area contributed by atoms with E-state index in [-0.39, 0.29) is 17.7 Å². The fraction of sp³-hybridized carbons (Fsp3) is 0.520. The van der Waals surface area contributed by atoms with Crippen molar-refractivity contribution in [3.8, 4) is 0 Å². The molecule has 0 bridgehead atoms. The van der Waals surface area contributed by atoms with E-state index in [1.54, 1.807) is 0 Å². The molecule has 0 spiro atoms. The number of nitrogens with one attached hydrogen (secondary N) is 1. The van der Waals surface area contributed by atoms with Gasteiger partial charge in [-0.2, -0.15) is 0 Å². The second kappa shape index (κ2) is 11.6. The Kier molecular flexibility index (Phi) is 8.31. The Morgan fingerprint density at radius 2 is 1.62 bits per heavy atom. The summed E-state index contributed by atoms with van der Waals surface area (Å²) in [5, 5.41) is 5.06. The molecule has 32 heavy (non-hydrogen) atoms. The molecule has 4 rings (SSSR count). The van der Waals surface area contributed by atoms with E-state index in [0.717, 1.165) is 70.0 Å². The van der Waals surface area contributed by atoms with E-state index >= 15 is 0 Å². The fourth-order valence-electron chi connectivity index (χ4n) is 4.57. The Balaban J connectivity index is 1.07. The Morgan fingerprint density at radius 1 is 0.906 bits per heavy atom. The predicted octanol–water partition coefficient (Wildman–Crippen LogP) is 2.92. The summed E-state index contributed by atoms with van der Waals surface area (Å²) in [6.07, 6.45) is 2.50. The number of thiophene rings is 1. The first-order valence-corrected chi connectivity index (χ1v) is 12.7. The van der Waals surface area contributed by atoms with Crippen molar-refractivity contribution in [1.82, 2.24) is 20.0 Å². The Hall–Kier alpha value is -2.22. The number of rotatable bonds is 8. The van der Waals surface area contributed by atoms with Gasteiger partial charge in [0.05, 0.1) is 4.88 Å². The summed E-state index contributed by atoms with van der Waals surface area (Å²) in [6, 6.07) is 14.4. The van der Waals surface area contributed by atoms with Gasteiger partial charge in [0.15, 0.2) is 0 Å². The Morgan fingerprint density at radius 3 is 2.31 bits per heavy atom. The second-order valence-corrected chi connectivity index (χ2v) is 9.74. The molecular formula is C25H34N4O2S. The van der Waals surface area contributed by atoms with Gasteiger partial charge in [-0.15, -0.1) is 11.3 Å². The van der Waals surface area contributed by atoms with Crippen LogP contribution in [0.2, 0.25) is 0 Å². The number of amides is 2. The van der Waals surface area contributed by atoms with Gasteiger partial charge in [-0.1, -0.05) is 36.4 Å². The van der Waals surface area contributed by atoms with Crippen LogP contribution in [0.3, 0.4) is 0 Å². The summed E-state index contributed by atoms with van der Waals surface area (Å²) in [5.41, 5.74) is 1.38. The van der Waals surface area contributed by atoms with E-state index in [0.29, 0.717) is 13.1 Å². The Labute approximate surface area is 195 Å². The van der Waals surface area contributed by atoms with Crippen molar-refractivity contribution < 1.29 is 9.59 Å². The smallest absolute Gasteiger partial charge is 0.263 e. The third kappa shape index (κ3) is 6.40. The maximum atomic E-state index is 12.5. The number of benzene rings is 1. The molecule has 0 unspecified atom stereocenters. The highest BCUT2D eigenvalue weighted by atomic mass is 32.1. The number of nitrogens with zero attached hydrogens (tertiary/aromatic N) is 3. The van der Waals surface area contributed by atoms with Crippen LogP contribution in [0.1, 0.15) is 34.5 Å². The number of piperidine rings is 1. The average molecular weight is 455 g/mol. The van der Waals surface area contributed by atoms with Gasteiger partial charge in [0.25, 0.3) is 5.91 Å². The number of carbonyl (C=O) groups is 2. The van der Waals surface area contributed by atoms with Crippen molar-refractivity contribution in [1.29, 1.82) is 0 Å². The van der Waals surface area contributed by atoms with E-state index < -0.39 is 0 Å². The lowest BCUT2D eigenvalue weighted by atomic mass is 9.95. The molecule has 1 N–H and O–H groups in total. The largest absolute Gasteiger partial charge is 0.356 e. The van der Waals surface area contributed by atoms with Gasteiger partial charge in [0, 0.05) is 58.3 Å². The summed E-state index contributed by atoms with van der Waals surface area (Å²) in [7, 11) is 0. The van der Waals surface area contributed by atoms with E-state index in [9.17, 15) is 9.59 Å². The molecular weight excluding hydrogens is 420 g/mol. The van der Waals surface area contributed by atoms with Crippen LogP contribution in [-0.2, 0) is 11.3 Å². The first kappa shape index (κ1) is 23.0. The zero-order valence-electron chi connectivity index (χ0n) is 18.7. The van der Waals surface area contributed by atoms with Crippen LogP contribution in [0.15, 0.2) is 47.8 Å². The highest BCUT2D eigenvalue weighted by Gasteiger charge is 2.28. The summed E-state index contributed by atoms with van der Waals surface area (Å²) in [6.45, 7) is 8.53. The molecule has 2 saturated heterocycles. The highest BCUT2D eigenvalue weighted by molar-refractivity contribution is 7.12. The fourth-order valence-corrected chi connectivity index (χ4v) is 5.26. The maximum absolute atomic E-state index is 12.5. The quantitative estimate of drug-likeness (QED) is 0.623. The molecule has 2 fully saturated rings. The number of likely N-dealkylation sites (tertiary alicyclic amines) is 1. The molecule has 2 aromatic rings. The zero-order valence-corrected chi connectivity index (χ0v) is 19.6. The molecule has 3 heterocycles. The molecule has 172 valence electrons. The number of carbonyl (C=O) groups excluding carboxylic acids is 2. The number of hydrogen-bond donors (Lipinski definition) is 1. The lowest BCUT2D eigenvalue weighted by molar-refractivity contribution is -0.126. The van der Waals surface area contributed by atoms with E-state index in [1.165, 1.54) is 16.9 Å². The van der Waals surface area contributed by atoms with Crippen LogP contribution in [0, 0.1) is 5.92 Å². The van der Waals surface area contributed by atoms with Crippen molar-refractivity contribution >= 4 is 23.2 Å². The number of hydrogen-bond acceptors (Lipinski definition) is 5. The van der Waals surface area contributed by atoms with Gasteiger partial charge in [0.1, 0.15) is 0 Å². The molecule has 0 radical (unpaired) electrons. The average Bonchev–Trinajstić information content (AvgIpc) is 3.38. The monoisotopic (exact) mass is 454 g/mol. The first-order chi connectivity index (χ1) is 15.7. The van der Waals surface area contributed by atoms with Crippen LogP contribution >= 0.6 is 11.3 Å². The second-order valence-electron chi connectivity index (χ2n) is 8.79. The third-order valence-corrected chi connectivity index (χ3v) is 7.41. The maximum Gasteiger partial charge on any atom is 0.263 e. The van der Waals surface area contributed by atoms with Crippen LogP contribution in [0.4, 0.5) is 0 Å². The van der Waals surface area contributed by atoms with Crippen molar-refractivity contribution in [2.75, 3.05) is 52.4 Å². The lowest BCUT2D eigenvalue weighted by Gasteiger charge is -2.34. The minimum atomic E-state index is 0.0314. The summed E-state index contributed by atoms with van der Waals surface area (Å²) in [4.78, 5) is 32.7. The SMILES string of the molecule is O=C(NCCCN1CCN(Cc2ccccc2)CC1)C1CCN(C(=O)c2cccs2)CC1. The molecule has 2 aliphatic rings. The van der Waals surface area contributed by atoms with Crippen LogP contribution in [-0.4, -0.2) is 78.9 Å². The van der Waals surface area contributed by atoms with Crippen molar-refractivity contribution in [2.45, 2.75) is 25.8 Å². The highest BCUT2D eigenvalue weighted by Crippen LogP contribution is 2.21. The minimum Gasteiger partial charge on any atom is -0.356 e. The normalized spacial score (nSPS) is 18.6. The lowest BCUT2D eigenvalue weighted by Crippen LogP contribution is -2.46. The van der Waals surface area contributed by atoms with Gasteiger partial charge in [0.2, 0.25) is 5.91 Å². The van der Waals surface area contributed by atoms with Gasteiger partial charge in [-0.25, -0.2) is 0 Å². The van der Waals surface area contributed by atoms with Gasteiger partial charge < -0.3 is 15.1 Å². The Bertz CT molecular complexity index is 842. The molecule has 0 saturated carbocycles. The van der Waals surface area contributed by atoms with E-state index in [1.807, 2.05) is 22.4 Å². The van der Waals surface area contributed by atoms with E-state index in [4.69, 9.17) is 0 Å². The molecule has 1 aromatic carbocycles. The molecule has 0 aliphatic carbocycles. The van der Waals surface area contributed by atoms with Crippen LogP contribution in [0.25, 0.3) is 0 Å². The van der Waals surface area contributed by atoms with Crippen molar-refractivity contribution in [2.24, 2.45) is 5.92 Å². The van der Waals surface area contributed by atoms with Crippen LogP contribution < -0.4 is 5.32 Å². The topological polar surface area (TPSA) is 55.9 Å². The van der Waals surface area contributed by atoms with E-state index in [2.05, 4.69) is 45.4 Å². The summed E-state index contributed by atoms with van der Waals surface area (Å²) in [5.74, 6) is 0.285. The molecule has 2 aliphatic heterocycles. The van der Waals surface area contributed by atoms with Crippen molar-refractivity contribution in [3.05, 3.63) is 58.3 Å². The minimum absolute atomic E-state index is 0.0314. The zero-order chi connectivity index (χ0) is 22.2. The van der Waals surface area contributed by atoms with Gasteiger partial charge in [-0.05, 0) is 42.8 Å². The third-order valence-electron chi connectivity index (χ3n) is 6.55. The van der Waals surface area contributed by atoms with Crippen LogP contribution in [0.5, 0.6) is 0 Å². The summed E-state index contributed by atoms with van der Waals surface area (Å²) >= 11 is 1.48. The predicted molar refractivity (Wildman–Crippen MR) is 129 cm³/mol. The molecule has 6 nitrogen and oxygen atoms in total. The standard InChI is InChI=1S/C25H34N4O2S/c30-24(22-9-13-29(14-10-22)25(31)23-8-4-19-32-23)26-11-5-12-27-15-17-28(18-16-27)20-21-6-2-1-3-7-21/h1-4,6-8,19,22H,5,9-18,20H2,(H,26,30). The molecule has 2 amide bonds. The first-order valence-electron chi connectivity index (χ1n) is 11.8. The summed E-state index contributed by atoms with van der Waals surface area (Å²) < 4.78 is 0. The van der Waals surface area contributed by atoms with Gasteiger partial charge >= 0.3 is 0 Å². The molecule has 7 heteroatoms.